The summed E-state index contributed by atoms with van der Waals surface area (Å²) in [6, 6.07) is 10.3. The summed E-state index contributed by atoms with van der Waals surface area (Å²) in [6.45, 7) is 1.37. The molecule has 1 atom stereocenters. The van der Waals surface area contributed by atoms with E-state index >= 15 is 0 Å². The molecule has 2 heterocycles. The normalized spacial score (nSPS) is 18.6. The third-order valence-electron chi connectivity index (χ3n) is 5.32. The molecule has 0 saturated carbocycles. The zero-order valence-corrected chi connectivity index (χ0v) is 19.6. The molecular weight excluding hydrogens is 470 g/mol. The first-order valence-corrected chi connectivity index (χ1v) is 13.8. The van der Waals surface area contributed by atoms with Crippen LogP contribution in [0.1, 0.15) is 23.2 Å². The molecule has 2 aromatic rings. The van der Waals surface area contributed by atoms with Crippen LogP contribution < -0.4 is 18.9 Å². The van der Waals surface area contributed by atoms with Crippen molar-refractivity contribution < 1.29 is 31.1 Å². The Morgan fingerprint density at radius 1 is 1.03 bits per heavy atom. The van der Waals surface area contributed by atoms with Crippen molar-refractivity contribution in [1.82, 2.24) is 9.62 Å². The summed E-state index contributed by atoms with van der Waals surface area (Å²) in [7, 11) is -7.42. The maximum atomic E-state index is 13.2. The number of nitrogens with one attached hydrogen (secondary N) is 2. The minimum absolute atomic E-state index is 0.0237. The first kappa shape index (κ1) is 23.3. The molecule has 2 aromatic carbocycles. The van der Waals surface area contributed by atoms with Crippen molar-refractivity contribution in [2.24, 2.45) is 0 Å². The SMILES string of the molecule is CS(=O)(=O)NC1CCCN(C(=O)c2ccccc2NS(=O)(=O)c2ccc3c(c2)OCCO3)C1. The highest BCUT2D eigenvalue weighted by atomic mass is 32.2. The fourth-order valence-corrected chi connectivity index (χ4v) is 5.78. The van der Waals surface area contributed by atoms with E-state index in [0.717, 1.165) is 6.26 Å². The number of fused-ring (bicyclic) bond motifs is 1. The van der Waals surface area contributed by atoms with Gasteiger partial charge in [0.1, 0.15) is 13.2 Å². The number of ether oxygens (including phenoxy) is 2. The molecule has 4 rings (SSSR count). The Morgan fingerprint density at radius 3 is 2.52 bits per heavy atom. The topological polar surface area (TPSA) is 131 Å². The van der Waals surface area contributed by atoms with Gasteiger partial charge < -0.3 is 14.4 Å². The summed E-state index contributed by atoms with van der Waals surface area (Å²) < 4.78 is 65.2. The van der Waals surface area contributed by atoms with Gasteiger partial charge >= 0.3 is 0 Å². The number of carbonyl (C=O) groups is 1. The lowest BCUT2D eigenvalue weighted by atomic mass is 10.0. The molecule has 0 bridgehead atoms. The van der Waals surface area contributed by atoms with Crippen LogP contribution >= 0.6 is 0 Å². The molecule has 33 heavy (non-hydrogen) atoms. The summed E-state index contributed by atoms with van der Waals surface area (Å²) in [6.07, 6.45) is 2.33. The van der Waals surface area contributed by atoms with Gasteiger partial charge in [-0.05, 0) is 37.1 Å². The minimum atomic E-state index is -4.02. The van der Waals surface area contributed by atoms with Crippen LogP contribution in [0.5, 0.6) is 11.5 Å². The van der Waals surface area contributed by atoms with E-state index in [0.29, 0.717) is 44.1 Å². The number of nitrogens with zero attached hydrogens (tertiary/aromatic N) is 1. The number of rotatable bonds is 6. The molecule has 1 unspecified atom stereocenters. The molecular formula is C21H25N3O7S2. The van der Waals surface area contributed by atoms with Crippen LogP contribution in [0.25, 0.3) is 0 Å². The fraction of sp³-hybridized carbons (Fsp3) is 0.381. The third kappa shape index (κ3) is 5.57. The van der Waals surface area contributed by atoms with E-state index in [2.05, 4.69) is 9.44 Å². The molecule has 10 nitrogen and oxygen atoms in total. The lowest BCUT2D eigenvalue weighted by molar-refractivity contribution is 0.0704. The zero-order chi connectivity index (χ0) is 23.6. The maximum absolute atomic E-state index is 13.2. The quantitative estimate of drug-likeness (QED) is 0.619. The molecule has 12 heteroatoms. The number of para-hydroxylation sites is 1. The smallest absolute Gasteiger partial charge is 0.262 e. The van der Waals surface area contributed by atoms with E-state index in [4.69, 9.17) is 9.47 Å². The van der Waals surface area contributed by atoms with Gasteiger partial charge in [-0.15, -0.1) is 0 Å². The van der Waals surface area contributed by atoms with E-state index in [9.17, 15) is 21.6 Å². The average Bonchev–Trinajstić information content (AvgIpc) is 2.77. The van der Waals surface area contributed by atoms with E-state index < -0.39 is 20.0 Å². The number of likely N-dealkylation sites (tertiary alicyclic amines) is 1. The van der Waals surface area contributed by atoms with Crippen molar-refractivity contribution in [3.63, 3.8) is 0 Å². The number of amides is 1. The number of sulfonamides is 2. The first-order chi connectivity index (χ1) is 15.6. The van der Waals surface area contributed by atoms with Crippen molar-refractivity contribution in [2.45, 2.75) is 23.8 Å². The lowest BCUT2D eigenvalue weighted by Crippen LogP contribution is -2.49. The Hall–Kier alpha value is -2.83. The number of benzene rings is 2. The van der Waals surface area contributed by atoms with Gasteiger partial charge in [-0.3, -0.25) is 9.52 Å². The highest BCUT2D eigenvalue weighted by molar-refractivity contribution is 7.92. The second kappa shape index (κ2) is 9.20. The molecule has 2 aliphatic rings. The zero-order valence-electron chi connectivity index (χ0n) is 18.0. The molecule has 0 aromatic heterocycles. The summed E-state index contributed by atoms with van der Waals surface area (Å²) >= 11 is 0. The van der Waals surface area contributed by atoms with Crippen LogP contribution in [-0.2, 0) is 20.0 Å². The van der Waals surface area contributed by atoms with Crippen LogP contribution in [0, 0.1) is 0 Å². The second-order valence-corrected chi connectivity index (χ2v) is 11.4. The average molecular weight is 496 g/mol. The molecule has 1 saturated heterocycles. The Morgan fingerprint density at radius 2 is 1.76 bits per heavy atom. The minimum Gasteiger partial charge on any atom is -0.486 e. The van der Waals surface area contributed by atoms with Crippen molar-refractivity contribution in [2.75, 3.05) is 37.3 Å². The molecule has 178 valence electrons. The van der Waals surface area contributed by atoms with Gasteiger partial charge in [0.05, 0.1) is 22.4 Å². The second-order valence-electron chi connectivity index (χ2n) is 7.94. The van der Waals surface area contributed by atoms with E-state index in [1.807, 2.05) is 0 Å². The van der Waals surface area contributed by atoms with E-state index in [1.165, 1.54) is 35.2 Å². The number of hydrogen-bond donors (Lipinski definition) is 2. The van der Waals surface area contributed by atoms with Crippen molar-refractivity contribution >= 4 is 31.6 Å². The van der Waals surface area contributed by atoms with Crippen molar-refractivity contribution in [3.8, 4) is 11.5 Å². The molecule has 2 aliphatic heterocycles. The number of piperidine rings is 1. The number of carbonyl (C=O) groups excluding carboxylic acids is 1. The monoisotopic (exact) mass is 495 g/mol. The van der Waals surface area contributed by atoms with E-state index in [-0.39, 0.29) is 34.6 Å². The standard InChI is InChI=1S/C21H25N3O7S2/c1-32(26,27)22-15-5-4-10-24(14-15)21(25)17-6-2-3-7-18(17)23-33(28,29)16-8-9-19-20(13-16)31-12-11-30-19/h2-3,6-9,13,15,22-23H,4-5,10-12,14H2,1H3. The summed E-state index contributed by atoms with van der Waals surface area (Å²) in [5.41, 5.74) is 0.314. The van der Waals surface area contributed by atoms with Gasteiger partial charge in [-0.25, -0.2) is 21.6 Å². The lowest BCUT2D eigenvalue weighted by Gasteiger charge is -2.33. The van der Waals surface area contributed by atoms with Gasteiger partial charge in [0, 0.05) is 25.2 Å². The Balaban J connectivity index is 1.55. The Bertz CT molecular complexity index is 1260. The maximum Gasteiger partial charge on any atom is 0.262 e. The molecule has 2 N–H and O–H groups in total. The number of anilines is 1. The fourth-order valence-electron chi connectivity index (χ4n) is 3.88. The molecule has 0 aliphatic carbocycles. The molecule has 1 amide bonds. The Kier molecular flexibility index (Phi) is 6.50. The number of hydrogen-bond acceptors (Lipinski definition) is 7. The molecule has 1 fully saturated rings. The van der Waals surface area contributed by atoms with Gasteiger partial charge in [-0.1, -0.05) is 12.1 Å². The summed E-state index contributed by atoms with van der Waals surface area (Å²) in [4.78, 5) is 14.7. The Labute approximate surface area is 193 Å². The van der Waals surface area contributed by atoms with Crippen LogP contribution in [0.4, 0.5) is 5.69 Å². The molecule has 0 radical (unpaired) electrons. The van der Waals surface area contributed by atoms with Gasteiger partial charge in [0.2, 0.25) is 10.0 Å². The van der Waals surface area contributed by atoms with Gasteiger partial charge in [0.15, 0.2) is 11.5 Å². The summed E-state index contributed by atoms with van der Waals surface area (Å²) in [5, 5.41) is 0. The molecule has 0 spiro atoms. The van der Waals surface area contributed by atoms with Crippen molar-refractivity contribution in [1.29, 1.82) is 0 Å². The van der Waals surface area contributed by atoms with Crippen LogP contribution in [0.15, 0.2) is 47.4 Å². The highest BCUT2D eigenvalue weighted by Gasteiger charge is 2.28. The predicted molar refractivity (Wildman–Crippen MR) is 122 cm³/mol. The largest absolute Gasteiger partial charge is 0.486 e. The van der Waals surface area contributed by atoms with Crippen LogP contribution in [0.3, 0.4) is 0 Å². The van der Waals surface area contributed by atoms with Crippen LogP contribution in [0.2, 0.25) is 0 Å². The van der Waals surface area contributed by atoms with E-state index in [1.54, 1.807) is 12.1 Å². The summed E-state index contributed by atoms with van der Waals surface area (Å²) in [5.74, 6) is 0.430. The van der Waals surface area contributed by atoms with Gasteiger partial charge in [-0.2, -0.15) is 0 Å². The highest BCUT2D eigenvalue weighted by Crippen LogP contribution is 2.33. The third-order valence-corrected chi connectivity index (χ3v) is 7.44. The predicted octanol–water partition coefficient (Wildman–Crippen LogP) is 1.41. The van der Waals surface area contributed by atoms with Crippen molar-refractivity contribution in [3.05, 3.63) is 48.0 Å². The van der Waals surface area contributed by atoms with Crippen LogP contribution in [-0.4, -0.2) is 66.2 Å². The first-order valence-electron chi connectivity index (χ1n) is 10.4. The van der Waals surface area contributed by atoms with Gasteiger partial charge in [0.25, 0.3) is 15.9 Å².